The molecule has 0 aliphatic carbocycles. The first-order valence-corrected chi connectivity index (χ1v) is 9.75. The number of imide groups is 1. The van der Waals surface area contributed by atoms with E-state index >= 15 is 0 Å². The largest absolute Gasteiger partial charge is 0.444 e. The van der Waals surface area contributed by atoms with E-state index in [1.54, 1.807) is 11.1 Å². The number of ether oxygens (including phenoxy) is 1. The lowest BCUT2D eigenvalue weighted by atomic mass is 9.92. The highest BCUT2D eigenvalue weighted by molar-refractivity contribution is 6.00. The van der Waals surface area contributed by atoms with Crippen LogP contribution in [0.1, 0.15) is 51.5 Å². The molecule has 1 aromatic rings. The van der Waals surface area contributed by atoms with E-state index in [0.717, 1.165) is 24.3 Å². The molecule has 2 aliphatic rings. The molecule has 3 rings (SSSR count). The molecule has 152 valence electrons. The third-order valence-electron chi connectivity index (χ3n) is 4.88. The highest BCUT2D eigenvalue weighted by atomic mass is 16.6. The lowest BCUT2D eigenvalue weighted by molar-refractivity contribution is -0.134. The SMILES string of the molecule is CC(C)(C)OC(=O)N1CCCN(c2ccc([C@H]3CCC(=O)NC3=O)cn2)CC1. The van der Waals surface area contributed by atoms with Crippen molar-refractivity contribution in [2.45, 2.75) is 51.6 Å². The molecule has 8 heteroatoms. The summed E-state index contributed by atoms with van der Waals surface area (Å²) >= 11 is 0. The fourth-order valence-corrected chi connectivity index (χ4v) is 3.46. The summed E-state index contributed by atoms with van der Waals surface area (Å²) in [5.41, 5.74) is 0.315. The van der Waals surface area contributed by atoms with Crippen LogP contribution >= 0.6 is 0 Å². The monoisotopic (exact) mass is 388 g/mol. The quantitative estimate of drug-likeness (QED) is 0.780. The van der Waals surface area contributed by atoms with Gasteiger partial charge in [0.2, 0.25) is 11.8 Å². The second-order valence-corrected chi connectivity index (χ2v) is 8.26. The molecule has 8 nitrogen and oxygen atoms in total. The molecule has 1 N–H and O–H groups in total. The summed E-state index contributed by atoms with van der Waals surface area (Å²) in [7, 11) is 0. The number of hydrogen-bond acceptors (Lipinski definition) is 6. The summed E-state index contributed by atoms with van der Waals surface area (Å²) in [6.07, 6.45) is 3.13. The number of hydrogen-bond donors (Lipinski definition) is 1. The minimum absolute atomic E-state index is 0.218. The van der Waals surface area contributed by atoms with E-state index in [0.29, 0.717) is 32.5 Å². The Hall–Kier alpha value is -2.64. The minimum Gasteiger partial charge on any atom is -0.444 e. The van der Waals surface area contributed by atoms with Crippen LogP contribution in [0.3, 0.4) is 0 Å². The first-order chi connectivity index (χ1) is 13.2. The molecule has 0 saturated carbocycles. The number of carbonyl (C=O) groups excluding carboxylic acids is 3. The molecule has 0 aromatic carbocycles. The molecule has 0 bridgehead atoms. The molecule has 2 saturated heterocycles. The third-order valence-corrected chi connectivity index (χ3v) is 4.88. The maximum absolute atomic E-state index is 12.3. The highest BCUT2D eigenvalue weighted by Crippen LogP contribution is 2.25. The number of pyridine rings is 1. The van der Waals surface area contributed by atoms with Crippen molar-refractivity contribution in [2.75, 3.05) is 31.1 Å². The first-order valence-electron chi connectivity index (χ1n) is 9.75. The van der Waals surface area contributed by atoms with Crippen molar-refractivity contribution in [1.82, 2.24) is 15.2 Å². The summed E-state index contributed by atoms with van der Waals surface area (Å²) in [6.45, 7) is 8.29. The van der Waals surface area contributed by atoms with Crippen molar-refractivity contribution < 1.29 is 19.1 Å². The summed E-state index contributed by atoms with van der Waals surface area (Å²) in [4.78, 5) is 44.0. The lowest BCUT2D eigenvalue weighted by Crippen LogP contribution is -2.39. The fraction of sp³-hybridized carbons (Fsp3) is 0.600. The van der Waals surface area contributed by atoms with Gasteiger partial charge in [0.1, 0.15) is 11.4 Å². The van der Waals surface area contributed by atoms with Crippen molar-refractivity contribution in [1.29, 1.82) is 0 Å². The predicted octanol–water partition coefficient (Wildman–Crippen LogP) is 2.05. The van der Waals surface area contributed by atoms with Crippen LogP contribution in [0, 0.1) is 0 Å². The highest BCUT2D eigenvalue weighted by Gasteiger charge is 2.29. The number of nitrogens with one attached hydrogen (secondary N) is 1. The number of aromatic nitrogens is 1. The maximum Gasteiger partial charge on any atom is 0.410 e. The maximum atomic E-state index is 12.3. The Labute approximate surface area is 165 Å². The van der Waals surface area contributed by atoms with E-state index < -0.39 is 5.60 Å². The Bertz CT molecular complexity index is 742. The Kier molecular flexibility index (Phi) is 5.86. The number of piperidine rings is 1. The van der Waals surface area contributed by atoms with Crippen LogP contribution in [0.15, 0.2) is 18.3 Å². The average Bonchev–Trinajstić information content (AvgIpc) is 2.87. The van der Waals surface area contributed by atoms with Crippen molar-refractivity contribution >= 4 is 23.7 Å². The Morgan fingerprint density at radius 2 is 1.96 bits per heavy atom. The van der Waals surface area contributed by atoms with Crippen LogP contribution in [0.25, 0.3) is 0 Å². The Morgan fingerprint density at radius 3 is 2.61 bits per heavy atom. The van der Waals surface area contributed by atoms with E-state index in [1.165, 1.54) is 0 Å². The molecule has 3 heterocycles. The van der Waals surface area contributed by atoms with Crippen LogP contribution in [0.2, 0.25) is 0 Å². The zero-order valence-electron chi connectivity index (χ0n) is 16.7. The van der Waals surface area contributed by atoms with Gasteiger partial charge in [-0.05, 0) is 45.2 Å². The normalized spacial score (nSPS) is 21.2. The fourth-order valence-electron chi connectivity index (χ4n) is 3.46. The number of nitrogens with zero attached hydrogens (tertiary/aromatic N) is 3. The molecule has 1 atom stereocenters. The molecule has 0 unspecified atom stereocenters. The Morgan fingerprint density at radius 1 is 1.18 bits per heavy atom. The zero-order chi connectivity index (χ0) is 20.3. The summed E-state index contributed by atoms with van der Waals surface area (Å²) in [6, 6.07) is 3.81. The lowest BCUT2D eigenvalue weighted by Gasteiger charge is -2.26. The van der Waals surface area contributed by atoms with Crippen LogP contribution < -0.4 is 10.2 Å². The predicted molar refractivity (Wildman–Crippen MR) is 104 cm³/mol. The summed E-state index contributed by atoms with van der Waals surface area (Å²) in [5, 5.41) is 2.38. The topological polar surface area (TPSA) is 91.8 Å². The number of rotatable bonds is 2. The van der Waals surface area contributed by atoms with E-state index in [1.807, 2.05) is 32.9 Å². The van der Waals surface area contributed by atoms with Gasteiger partial charge in [-0.2, -0.15) is 0 Å². The zero-order valence-corrected chi connectivity index (χ0v) is 16.7. The molecule has 28 heavy (non-hydrogen) atoms. The van der Waals surface area contributed by atoms with E-state index in [4.69, 9.17) is 4.74 Å². The van der Waals surface area contributed by atoms with Crippen LogP contribution in [-0.4, -0.2) is 59.6 Å². The van der Waals surface area contributed by atoms with E-state index in [9.17, 15) is 14.4 Å². The van der Waals surface area contributed by atoms with Crippen molar-refractivity contribution in [2.24, 2.45) is 0 Å². The van der Waals surface area contributed by atoms with Crippen LogP contribution in [0.5, 0.6) is 0 Å². The van der Waals surface area contributed by atoms with Gasteiger partial charge in [-0.25, -0.2) is 9.78 Å². The second-order valence-electron chi connectivity index (χ2n) is 8.26. The van der Waals surface area contributed by atoms with Crippen LogP contribution in [0.4, 0.5) is 10.6 Å². The van der Waals surface area contributed by atoms with E-state index in [2.05, 4.69) is 15.2 Å². The smallest absolute Gasteiger partial charge is 0.410 e. The standard InChI is InChI=1S/C20H28N4O4/c1-20(2,3)28-19(27)24-10-4-9-23(11-12-24)16-7-5-14(13-21-16)15-6-8-17(25)22-18(15)26/h5,7,13,15H,4,6,8-12H2,1-3H3,(H,22,25,26)/t15-/m1/s1. The summed E-state index contributed by atoms with van der Waals surface area (Å²) < 4.78 is 5.47. The second kappa shape index (κ2) is 8.16. The average molecular weight is 388 g/mol. The molecule has 0 radical (unpaired) electrons. The Balaban J connectivity index is 1.61. The van der Waals surface area contributed by atoms with Gasteiger partial charge in [0.25, 0.3) is 0 Å². The molecule has 0 spiro atoms. The molecule has 2 aliphatic heterocycles. The van der Waals surface area contributed by atoms with Crippen molar-refractivity contribution in [3.63, 3.8) is 0 Å². The van der Waals surface area contributed by atoms with Crippen molar-refractivity contribution in [3.8, 4) is 0 Å². The summed E-state index contributed by atoms with van der Waals surface area (Å²) in [5.74, 6) is 0.0200. The van der Waals surface area contributed by atoms with Gasteiger partial charge in [-0.15, -0.1) is 0 Å². The van der Waals surface area contributed by atoms with Gasteiger partial charge >= 0.3 is 6.09 Å². The van der Waals surface area contributed by atoms with Gasteiger partial charge < -0.3 is 14.5 Å². The van der Waals surface area contributed by atoms with Gasteiger partial charge in [-0.1, -0.05) is 6.07 Å². The molecule has 3 amide bonds. The molecular weight excluding hydrogens is 360 g/mol. The number of carbonyl (C=O) groups is 3. The van der Waals surface area contributed by atoms with Crippen LogP contribution in [-0.2, 0) is 14.3 Å². The van der Waals surface area contributed by atoms with Gasteiger partial charge in [0.05, 0.1) is 5.92 Å². The van der Waals surface area contributed by atoms with Gasteiger partial charge in [0, 0.05) is 38.8 Å². The van der Waals surface area contributed by atoms with Gasteiger partial charge in [0.15, 0.2) is 0 Å². The van der Waals surface area contributed by atoms with Gasteiger partial charge in [-0.3, -0.25) is 14.9 Å². The number of anilines is 1. The third kappa shape index (κ3) is 4.99. The molecule has 1 aromatic heterocycles. The molecule has 2 fully saturated rings. The first kappa shape index (κ1) is 20.1. The molecular formula is C20H28N4O4. The van der Waals surface area contributed by atoms with E-state index in [-0.39, 0.29) is 23.8 Å². The minimum atomic E-state index is -0.503. The van der Waals surface area contributed by atoms with Crippen molar-refractivity contribution in [3.05, 3.63) is 23.9 Å². The number of amides is 3.